The lowest BCUT2D eigenvalue weighted by atomic mass is 9.60. The Morgan fingerprint density at radius 2 is 1.83 bits per heavy atom. The Labute approximate surface area is 141 Å². The summed E-state index contributed by atoms with van der Waals surface area (Å²) in [4.78, 5) is 25.8. The molecular weight excluding hydrogens is 314 g/mol. The van der Waals surface area contributed by atoms with Gasteiger partial charge in [0.1, 0.15) is 11.0 Å². The molecule has 7 heteroatoms. The maximum absolute atomic E-state index is 12.2. The van der Waals surface area contributed by atoms with E-state index in [1.165, 1.54) is 0 Å². The molecule has 0 aromatic heterocycles. The highest BCUT2D eigenvalue weighted by Crippen LogP contribution is 2.56. The fourth-order valence-corrected chi connectivity index (χ4v) is 4.45. The average Bonchev–Trinajstić information content (AvgIpc) is 3.07. The van der Waals surface area contributed by atoms with Crippen molar-refractivity contribution in [2.75, 3.05) is 13.1 Å². The number of nitrogens with zero attached hydrogens (tertiary/aromatic N) is 1. The molecule has 3 fully saturated rings. The molecule has 0 spiro atoms. The van der Waals surface area contributed by atoms with Crippen LogP contribution in [0.15, 0.2) is 0 Å². The van der Waals surface area contributed by atoms with Crippen LogP contribution < -0.4 is 0 Å². The minimum Gasteiger partial charge on any atom is -0.481 e. The third kappa shape index (κ3) is 2.67. The first-order valence-electron chi connectivity index (χ1n) is 8.67. The summed E-state index contributed by atoms with van der Waals surface area (Å²) in [6, 6.07) is 0. The van der Waals surface area contributed by atoms with E-state index in [4.69, 9.17) is 9.47 Å². The maximum atomic E-state index is 12.2. The Morgan fingerprint density at radius 1 is 1.21 bits per heavy atom. The van der Waals surface area contributed by atoms with Crippen molar-refractivity contribution in [3.05, 3.63) is 0 Å². The second kappa shape index (κ2) is 5.59. The van der Waals surface area contributed by atoms with Gasteiger partial charge in [-0.05, 0) is 52.9 Å². The zero-order valence-electron chi connectivity index (χ0n) is 14.6. The number of likely N-dealkylation sites (tertiary alicyclic amines) is 1. The number of ether oxygens (including phenoxy) is 2. The zero-order chi connectivity index (χ0) is 17.8. The highest BCUT2D eigenvalue weighted by molar-refractivity contribution is 5.78. The van der Waals surface area contributed by atoms with Crippen LogP contribution in [0.4, 0.5) is 4.79 Å². The highest BCUT2D eigenvalue weighted by Gasteiger charge is 2.67. The molecule has 3 heterocycles. The van der Waals surface area contributed by atoms with Crippen LogP contribution in [0.2, 0.25) is 0 Å². The number of carboxylic acid groups (broad SMARTS) is 1. The van der Waals surface area contributed by atoms with E-state index in [1.807, 2.05) is 0 Å². The fraction of sp³-hybridized carbons (Fsp3) is 0.882. The summed E-state index contributed by atoms with van der Waals surface area (Å²) in [5, 5.41) is 21.1. The Bertz CT molecular complexity index is 534. The number of carbonyl (C=O) groups excluding carboxylic acids is 1. The SMILES string of the molecule is CC(C)(C)OC(=O)N1CCC(O)(C2(C(=O)O)CC3CCC2O3)CC1. The number of aliphatic carboxylic acids is 1. The van der Waals surface area contributed by atoms with E-state index >= 15 is 0 Å². The van der Waals surface area contributed by atoms with E-state index in [9.17, 15) is 19.8 Å². The average molecular weight is 341 g/mol. The topological polar surface area (TPSA) is 96.3 Å². The Kier molecular flexibility index (Phi) is 4.07. The van der Waals surface area contributed by atoms with Gasteiger partial charge in [0.05, 0.1) is 17.8 Å². The summed E-state index contributed by atoms with van der Waals surface area (Å²) in [5.41, 5.74) is -3.18. The summed E-state index contributed by atoms with van der Waals surface area (Å²) in [6.07, 6.45) is 1.43. The molecule has 2 bridgehead atoms. The molecule has 7 nitrogen and oxygen atoms in total. The van der Waals surface area contributed by atoms with Gasteiger partial charge in [0.25, 0.3) is 0 Å². The second-order valence-electron chi connectivity index (χ2n) is 8.30. The van der Waals surface area contributed by atoms with E-state index in [0.717, 1.165) is 6.42 Å². The molecule has 2 N–H and O–H groups in total. The minimum atomic E-state index is -1.35. The summed E-state index contributed by atoms with van der Waals surface area (Å²) >= 11 is 0. The number of fused-ring (bicyclic) bond motifs is 2. The van der Waals surface area contributed by atoms with Crippen molar-refractivity contribution in [2.24, 2.45) is 5.41 Å². The van der Waals surface area contributed by atoms with Crippen LogP contribution in [0.5, 0.6) is 0 Å². The van der Waals surface area contributed by atoms with E-state index in [0.29, 0.717) is 12.8 Å². The molecule has 0 aromatic carbocycles. The fourth-order valence-electron chi connectivity index (χ4n) is 4.45. The number of aliphatic hydroxyl groups is 1. The van der Waals surface area contributed by atoms with Gasteiger partial charge >= 0.3 is 12.1 Å². The van der Waals surface area contributed by atoms with Crippen LogP contribution in [0, 0.1) is 5.41 Å². The molecule has 3 aliphatic heterocycles. The van der Waals surface area contributed by atoms with E-state index in [-0.39, 0.29) is 32.0 Å². The summed E-state index contributed by atoms with van der Waals surface area (Å²) in [5.74, 6) is -0.983. The molecule has 3 unspecified atom stereocenters. The predicted octanol–water partition coefficient (Wildman–Crippen LogP) is 1.77. The molecule has 3 aliphatic rings. The first-order chi connectivity index (χ1) is 11.1. The summed E-state index contributed by atoms with van der Waals surface area (Å²) < 4.78 is 11.1. The quantitative estimate of drug-likeness (QED) is 0.795. The van der Waals surface area contributed by atoms with Gasteiger partial charge in [0, 0.05) is 13.1 Å². The van der Waals surface area contributed by atoms with Gasteiger partial charge in [-0.3, -0.25) is 4.79 Å². The molecule has 0 radical (unpaired) electrons. The van der Waals surface area contributed by atoms with Crippen molar-refractivity contribution in [1.29, 1.82) is 0 Å². The minimum absolute atomic E-state index is 0.0704. The molecule has 0 aliphatic carbocycles. The highest BCUT2D eigenvalue weighted by atomic mass is 16.6. The molecule has 0 aromatic rings. The van der Waals surface area contributed by atoms with Crippen LogP contribution in [0.25, 0.3) is 0 Å². The van der Waals surface area contributed by atoms with Crippen LogP contribution in [0.1, 0.15) is 52.9 Å². The van der Waals surface area contributed by atoms with Crippen LogP contribution in [0.3, 0.4) is 0 Å². The number of amides is 1. The molecule has 0 saturated carbocycles. The molecule has 3 rings (SSSR count). The standard InChI is InChI=1S/C17H27NO6/c1-15(2,3)24-14(21)18-8-6-16(22,7-9-18)17(13(19)20)10-11-4-5-12(17)23-11/h11-12,22H,4-10H2,1-3H3,(H,19,20). The van der Waals surface area contributed by atoms with Crippen LogP contribution >= 0.6 is 0 Å². The molecule has 3 atom stereocenters. The first-order valence-corrected chi connectivity index (χ1v) is 8.67. The lowest BCUT2D eigenvalue weighted by molar-refractivity contribution is -0.186. The van der Waals surface area contributed by atoms with Crippen molar-refractivity contribution in [3.63, 3.8) is 0 Å². The molecule has 136 valence electrons. The smallest absolute Gasteiger partial charge is 0.410 e. The molecule has 24 heavy (non-hydrogen) atoms. The van der Waals surface area contributed by atoms with E-state index < -0.39 is 34.8 Å². The maximum Gasteiger partial charge on any atom is 0.410 e. The van der Waals surface area contributed by atoms with Gasteiger partial charge in [0.15, 0.2) is 0 Å². The van der Waals surface area contributed by atoms with Crippen molar-refractivity contribution in [2.45, 2.75) is 76.3 Å². The van der Waals surface area contributed by atoms with Gasteiger partial charge in [0.2, 0.25) is 0 Å². The zero-order valence-corrected chi connectivity index (χ0v) is 14.6. The van der Waals surface area contributed by atoms with Gasteiger partial charge in [-0.1, -0.05) is 0 Å². The predicted molar refractivity (Wildman–Crippen MR) is 84.6 cm³/mol. The van der Waals surface area contributed by atoms with Gasteiger partial charge in [-0.25, -0.2) is 4.79 Å². The molecule has 1 amide bonds. The number of piperidine rings is 1. The van der Waals surface area contributed by atoms with Crippen molar-refractivity contribution in [1.82, 2.24) is 4.90 Å². The van der Waals surface area contributed by atoms with E-state index in [1.54, 1.807) is 25.7 Å². The Balaban J connectivity index is 1.72. The third-order valence-electron chi connectivity index (χ3n) is 5.66. The van der Waals surface area contributed by atoms with E-state index in [2.05, 4.69) is 0 Å². The number of hydrogen-bond acceptors (Lipinski definition) is 5. The van der Waals surface area contributed by atoms with Crippen molar-refractivity contribution < 1.29 is 29.3 Å². The number of hydrogen-bond donors (Lipinski definition) is 2. The Hall–Kier alpha value is -1.34. The van der Waals surface area contributed by atoms with Crippen molar-refractivity contribution in [3.8, 4) is 0 Å². The monoisotopic (exact) mass is 341 g/mol. The second-order valence-corrected chi connectivity index (χ2v) is 8.30. The molecule has 3 saturated heterocycles. The normalized spacial score (nSPS) is 35.1. The van der Waals surface area contributed by atoms with Gasteiger partial charge in [-0.15, -0.1) is 0 Å². The number of carboxylic acids is 1. The number of carbonyl (C=O) groups is 2. The van der Waals surface area contributed by atoms with Crippen molar-refractivity contribution >= 4 is 12.1 Å². The van der Waals surface area contributed by atoms with Gasteiger partial charge in [-0.2, -0.15) is 0 Å². The largest absolute Gasteiger partial charge is 0.481 e. The molecular formula is C17H27NO6. The first kappa shape index (κ1) is 17.5. The van der Waals surface area contributed by atoms with Crippen LogP contribution in [-0.2, 0) is 14.3 Å². The third-order valence-corrected chi connectivity index (χ3v) is 5.66. The Morgan fingerprint density at radius 3 is 2.25 bits per heavy atom. The van der Waals surface area contributed by atoms with Gasteiger partial charge < -0.3 is 24.6 Å². The lowest BCUT2D eigenvalue weighted by Gasteiger charge is -2.49. The summed E-state index contributed by atoms with van der Waals surface area (Å²) in [6.45, 7) is 5.99. The van der Waals surface area contributed by atoms with Crippen LogP contribution in [-0.4, -0.2) is 63.7 Å². The lowest BCUT2D eigenvalue weighted by Crippen LogP contribution is -2.62. The number of rotatable bonds is 2. The summed E-state index contributed by atoms with van der Waals surface area (Å²) in [7, 11) is 0.